The van der Waals surface area contributed by atoms with Crippen molar-refractivity contribution in [1.29, 1.82) is 0 Å². The number of carbonyl (C=O) groups excluding carboxylic acids is 2. The molecule has 0 unspecified atom stereocenters. The Morgan fingerprint density at radius 3 is 2.56 bits per heavy atom. The standard InChI is InChI=1S/C19H15BrN2O2S/c1-4-9-21-18(23)17(25-19(21)24)11-14-10-12(2)22(13(14)3)16-7-5-15(20)6-8-16/h1,5-8,10-11H,9H2,2-3H3/b17-11+. The van der Waals surface area contributed by atoms with Crippen molar-refractivity contribution >= 4 is 44.9 Å². The highest BCUT2D eigenvalue weighted by molar-refractivity contribution is 9.10. The molecule has 0 atom stereocenters. The van der Waals surface area contributed by atoms with E-state index in [9.17, 15) is 9.59 Å². The molecule has 1 aliphatic heterocycles. The zero-order valence-corrected chi connectivity index (χ0v) is 16.1. The molecule has 6 heteroatoms. The molecule has 1 fully saturated rings. The second kappa shape index (κ2) is 6.95. The van der Waals surface area contributed by atoms with Gasteiger partial charge in [-0.1, -0.05) is 21.9 Å². The fraction of sp³-hybridized carbons (Fsp3) is 0.158. The Morgan fingerprint density at radius 1 is 1.24 bits per heavy atom. The lowest BCUT2D eigenvalue weighted by Crippen LogP contribution is -2.28. The summed E-state index contributed by atoms with van der Waals surface area (Å²) in [5.74, 6) is 2.01. The number of rotatable bonds is 3. The monoisotopic (exact) mass is 414 g/mol. The van der Waals surface area contributed by atoms with E-state index < -0.39 is 0 Å². The summed E-state index contributed by atoms with van der Waals surface area (Å²) in [5.41, 5.74) is 4.00. The summed E-state index contributed by atoms with van der Waals surface area (Å²) >= 11 is 4.37. The summed E-state index contributed by atoms with van der Waals surface area (Å²) in [4.78, 5) is 25.7. The second-order valence-corrected chi connectivity index (χ2v) is 7.52. The normalized spacial score (nSPS) is 15.9. The Balaban J connectivity index is 1.99. The van der Waals surface area contributed by atoms with Gasteiger partial charge in [0.25, 0.3) is 11.1 Å². The van der Waals surface area contributed by atoms with Gasteiger partial charge in [0, 0.05) is 21.5 Å². The molecule has 1 aliphatic rings. The van der Waals surface area contributed by atoms with E-state index in [4.69, 9.17) is 6.42 Å². The van der Waals surface area contributed by atoms with E-state index >= 15 is 0 Å². The van der Waals surface area contributed by atoms with Crippen LogP contribution in [0.5, 0.6) is 0 Å². The van der Waals surface area contributed by atoms with E-state index in [0.717, 1.165) is 43.8 Å². The molecule has 25 heavy (non-hydrogen) atoms. The zero-order valence-electron chi connectivity index (χ0n) is 13.7. The van der Waals surface area contributed by atoms with Gasteiger partial charge in [0.05, 0.1) is 11.4 Å². The number of benzene rings is 1. The number of hydrogen-bond donors (Lipinski definition) is 0. The van der Waals surface area contributed by atoms with Crippen molar-refractivity contribution < 1.29 is 9.59 Å². The van der Waals surface area contributed by atoms with Gasteiger partial charge in [-0.3, -0.25) is 14.5 Å². The molecule has 1 aromatic heterocycles. The van der Waals surface area contributed by atoms with Crippen LogP contribution in [0.15, 0.2) is 39.7 Å². The van der Waals surface area contributed by atoms with E-state index in [1.807, 2.05) is 44.2 Å². The van der Waals surface area contributed by atoms with Crippen LogP contribution in [0, 0.1) is 26.2 Å². The summed E-state index contributed by atoms with van der Waals surface area (Å²) in [6, 6.07) is 10.0. The first-order valence-electron chi connectivity index (χ1n) is 7.56. The first-order chi connectivity index (χ1) is 11.9. The van der Waals surface area contributed by atoms with Gasteiger partial charge in [-0.05, 0) is 67.6 Å². The number of carbonyl (C=O) groups is 2. The number of aryl methyl sites for hydroxylation is 1. The fourth-order valence-electron chi connectivity index (χ4n) is 2.79. The highest BCUT2D eigenvalue weighted by Crippen LogP contribution is 2.33. The molecule has 2 heterocycles. The Morgan fingerprint density at radius 2 is 1.92 bits per heavy atom. The number of imide groups is 1. The average molecular weight is 415 g/mol. The molecule has 0 radical (unpaired) electrons. The van der Waals surface area contributed by atoms with Gasteiger partial charge >= 0.3 is 0 Å². The van der Waals surface area contributed by atoms with Gasteiger partial charge in [-0.25, -0.2) is 0 Å². The molecular formula is C19H15BrN2O2S. The van der Waals surface area contributed by atoms with Crippen LogP contribution in [0.3, 0.4) is 0 Å². The van der Waals surface area contributed by atoms with E-state index in [1.165, 1.54) is 0 Å². The fourth-order valence-corrected chi connectivity index (χ4v) is 3.88. The lowest BCUT2D eigenvalue weighted by molar-refractivity contribution is -0.122. The Bertz CT molecular complexity index is 936. The third-order valence-corrected chi connectivity index (χ3v) is 5.40. The summed E-state index contributed by atoms with van der Waals surface area (Å²) in [7, 11) is 0. The third-order valence-electron chi connectivity index (χ3n) is 3.96. The summed E-state index contributed by atoms with van der Waals surface area (Å²) in [5, 5.41) is -0.323. The van der Waals surface area contributed by atoms with Crippen molar-refractivity contribution in [3.63, 3.8) is 0 Å². The lowest BCUT2D eigenvalue weighted by Gasteiger charge is -2.09. The minimum Gasteiger partial charge on any atom is -0.318 e. The molecule has 1 saturated heterocycles. The van der Waals surface area contributed by atoms with Crippen LogP contribution >= 0.6 is 27.7 Å². The number of hydrogen-bond acceptors (Lipinski definition) is 3. The van der Waals surface area contributed by atoms with Crippen LogP contribution in [0.1, 0.15) is 17.0 Å². The largest absolute Gasteiger partial charge is 0.318 e. The number of terminal acetylenes is 1. The van der Waals surface area contributed by atoms with Gasteiger partial charge in [0.1, 0.15) is 0 Å². The first kappa shape index (κ1) is 17.6. The molecule has 0 bridgehead atoms. The maximum atomic E-state index is 12.3. The van der Waals surface area contributed by atoms with Gasteiger partial charge in [0.15, 0.2) is 0 Å². The number of nitrogens with zero attached hydrogens (tertiary/aromatic N) is 2. The molecule has 0 spiro atoms. The van der Waals surface area contributed by atoms with Crippen molar-refractivity contribution in [3.05, 3.63) is 56.7 Å². The van der Waals surface area contributed by atoms with Crippen LogP contribution in [0.2, 0.25) is 0 Å². The van der Waals surface area contributed by atoms with E-state index in [1.54, 1.807) is 6.08 Å². The summed E-state index contributed by atoms with van der Waals surface area (Å²) in [6.45, 7) is 4.00. The predicted octanol–water partition coefficient (Wildman–Crippen LogP) is 4.53. The minimum absolute atomic E-state index is 0.0000778. The maximum absolute atomic E-state index is 12.3. The number of halogens is 1. The Kier molecular flexibility index (Phi) is 4.89. The summed E-state index contributed by atoms with van der Waals surface area (Å²) in [6.07, 6.45) is 6.98. The van der Waals surface area contributed by atoms with Gasteiger partial charge in [0.2, 0.25) is 0 Å². The maximum Gasteiger partial charge on any atom is 0.294 e. The third kappa shape index (κ3) is 3.30. The molecular weight excluding hydrogens is 400 g/mol. The SMILES string of the molecule is C#CCN1C(=O)S/C(=C/c2cc(C)n(-c3ccc(Br)cc3)c2C)C1=O. The Hall–Kier alpha value is -2.23. The van der Waals surface area contributed by atoms with Crippen LogP contribution < -0.4 is 0 Å². The minimum atomic E-state index is -0.332. The summed E-state index contributed by atoms with van der Waals surface area (Å²) < 4.78 is 3.13. The smallest absolute Gasteiger partial charge is 0.294 e. The zero-order chi connectivity index (χ0) is 18.1. The molecule has 2 aromatic rings. The van der Waals surface area contributed by atoms with Crippen LogP contribution in [0.4, 0.5) is 4.79 Å². The predicted molar refractivity (Wildman–Crippen MR) is 104 cm³/mol. The van der Waals surface area contributed by atoms with Crippen LogP contribution in [-0.2, 0) is 4.79 Å². The second-order valence-electron chi connectivity index (χ2n) is 5.61. The van der Waals surface area contributed by atoms with Crippen molar-refractivity contribution in [2.24, 2.45) is 0 Å². The average Bonchev–Trinajstić information content (AvgIpc) is 3.00. The highest BCUT2D eigenvalue weighted by Gasteiger charge is 2.34. The molecule has 3 rings (SSSR count). The van der Waals surface area contributed by atoms with Gasteiger partial charge < -0.3 is 4.57 Å². The topological polar surface area (TPSA) is 42.3 Å². The Labute approximate surface area is 159 Å². The number of amides is 2. The molecule has 2 amide bonds. The molecule has 0 N–H and O–H groups in total. The quantitative estimate of drug-likeness (QED) is 0.547. The molecule has 4 nitrogen and oxygen atoms in total. The van der Waals surface area contributed by atoms with Crippen molar-refractivity contribution in [2.75, 3.05) is 6.54 Å². The first-order valence-corrected chi connectivity index (χ1v) is 9.17. The van der Waals surface area contributed by atoms with E-state index in [-0.39, 0.29) is 17.7 Å². The number of aromatic nitrogens is 1. The van der Waals surface area contributed by atoms with E-state index in [0.29, 0.717) is 4.91 Å². The van der Waals surface area contributed by atoms with Crippen LogP contribution in [-0.4, -0.2) is 27.2 Å². The van der Waals surface area contributed by atoms with Crippen molar-refractivity contribution in [1.82, 2.24) is 9.47 Å². The number of thioether (sulfide) groups is 1. The van der Waals surface area contributed by atoms with Crippen molar-refractivity contribution in [2.45, 2.75) is 13.8 Å². The molecule has 1 aromatic carbocycles. The molecule has 126 valence electrons. The van der Waals surface area contributed by atoms with Gasteiger partial charge in [-0.2, -0.15) is 0 Å². The molecule has 0 saturated carbocycles. The van der Waals surface area contributed by atoms with Crippen molar-refractivity contribution in [3.8, 4) is 18.0 Å². The van der Waals surface area contributed by atoms with Crippen LogP contribution in [0.25, 0.3) is 11.8 Å². The highest BCUT2D eigenvalue weighted by atomic mass is 79.9. The van der Waals surface area contributed by atoms with E-state index in [2.05, 4.69) is 26.4 Å². The molecule has 0 aliphatic carbocycles. The lowest BCUT2D eigenvalue weighted by atomic mass is 10.2. The van der Waals surface area contributed by atoms with Gasteiger partial charge in [-0.15, -0.1) is 6.42 Å².